The van der Waals surface area contributed by atoms with Crippen LogP contribution in [0.25, 0.3) is 0 Å². The molecule has 0 aliphatic heterocycles. The van der Waals surface area contributed by atoms with Crippen LogP contribution in [0.4, 0.5) is 0 Å². The van der Waals surface area contributed by atoms with E-state index >= 15 is 0 Å². The van der Waals surface area contributed by atoms with Crippen molar-refractivity contribution in [2.75, 3.05) is 0 Å². The predicted molar refractivity (Wildman–Crippen MR) is 66.6 cm³/mol. The third-order valence-corrected chi connectivity index (χ3v) is 4.40. The summed E-state index contributed by atoms with van der Waals surface area (Å²) in [5.41, 5.74) is 2.49. The molecule has 1 saturated carbocycles. The lowest BCUT2D eigenvalue weighted by Gasteiger charge is -2.11. The summed E-state index contributed by atoms with van der Waals surface area (Å²) >= 11 is 1.57. The molecule has 0 heterocycles. The van der Waals surface area contributed by atoms with Gasteiger partial charge < -0.3 is 5.11 Å². The third kappa shape index (κ3) is 2.79. The van der Waals surface area contributed by atoms with E-state index in [0.29, 0.717) is 5.92 Å². The molecule has 1 aromatic carbocycles. The van der Waals surface area contributed by atoms with Gasteiger partial charge in [0.25, 0.3) is 0 Å². The summed E-state index contributed by atoms with van der Waals surface area (Å²) in [5.74, 6) is 0.563. The molecule has 1 aromatic rings. The molecule has 0 radical (unpaired) electrons. The topological polar surface area (TPSA) is 37.3 Å². The minimum atomic E-state index is -0.652. The number of hydrogen-bond donors (Lipinski definition) is 1. The summed E-state index contributed by atoms with van der Waals surface area (Å²) < 4.78 is 0. The molecule has 86 valence electrons. The van der Waals surface area contributed by atoms with E-state index in [0.717, 1.165) is 18.6 Å². The van der Waals surface area contributed by atoms with E-state index in [-0.39, 0.29) is 5.25 Å². The maximum Gasteiger partial charge on any atom is 0.316 e. The van der Waals surface area contributed by atoms with Gasteiger partial charge in [0.2, 0.25) is 0 Å². The Morgan fingerprint density at radius 3 is 2.75 bits per heavy atom. The first kappa shape index (κ1) is 11.5. The molecular formula is C13H16O2S. The summed E-state index contributed by atoms with van der Waals surface area (Å²) in [4.78, 5) is 11.1. The summed E-state index contributed by atoms with van der Waals surface area (Å²) in [7, 11) is 0. The molecule has 0 bridgehead atoms. The van der Waals surface area contributed by atoms with Gasteiger partial charge in [-0.15, -0.1) is 11.8 Å². The first-order chi connectivity index (χ1) is 7.68. The Kier molecular flexibility index (Phi) is 3.54. The van der Waals surface area contributed by atoms with Crippen LogP contribution < -0.4 is 0 Å². The molecule has 1 N–H and O–H groups in total. The summed E-state index contributed by atoms with van der Waals surface area (Å²) in [6.07, 6.45) is 2.16. The number of aliphatic carboxylic acids is 1. The van der Waals surface area contributed by atoms with Crippen LogP contribution in [0.3, 0.4) is 0 Å². The van der Waals surface area contributed by atoms with Crippen molar-refractivity contribution in [1.82, 2.24) is 0 Å². The van der Waals surface area contributed by atoms with Crippen LogP contribution in [0.2, 0.25) is 0 Å². The number of aryl methyl sites for hydroxylation is 1. The number of carboxylic acid groups (broad SMARTS) is 1. The van der Waals surface area contributed by atoms with Gasteiger partial charge in [-0.05, 0) is 36.8 Å². The molecule has 3 heteroatoms. The Morgan fingerprint density at radius 2 is 2.19 bits per heavy atom. The van der Waals surface area contributed by atoms with Gasteiger partial charge in [-0.1, -0.05) is 24.3 Å². The highest BCUT2D eigenvalue weighted by atomic mass is 32.2. The molecular weight excluding hydrogens is 220 g/mol. The Balaban J connectivity index is 1.95. The lowest BCUT2D eigenvalue weighted by Crippen LogP contribution is -2.18. The molecule has 1 atom stereocenters. The van der Waals surface area contributed by atoms with Gasteiger partial charge in [-0.3, -0.25) is 4.79 Å². The Morgan fingerprint density at radius 1 is 1.50 bits per heavy atom. The quantitative estimate of drug-likeness (QED) is 0.853. The maximum absolute atomic E-state index is 11.1. The highest BCUT2D eigenvalue weighted by Gasteiger charge is 2.36. The highest BCUT2D eigenvalue weighted by molar-refractivity contribution is 7.99. The summed E-state index contributed by atoms with van der Waals surface area (Å²) in [6.45, 7) is 2.07. The van der Waals surface area contributed by atoms with Gasteiger partial charge >= 0.3 is 5.97 Å². The fraction of sp³-hybridized carbons (Fsp3) is 0.462. The van der Waals surface area contributed by atoms with Gasteiger partial charge in [0.15, 0.2) is 0 Å². The normalized spacial score (nSPS) is 17.1. The van der Waals surface area contributed by atoms with Crippen LogP contribution >= 0.6 is 11.8 Å². The van der Waals surface area contributed by atoms with E-state index in [9.17, 15) is 4.79 Å². The van der Waals surface area contributed by atoms with Gasteiger partial charge in [-0.2, -0.15) is 0 Å². The molecule has 0 amide bonds. The maximum atomic E-state index is 11.1. The van der Waals surface area contributed by atoms with E-state index < -0.39 is 5.97 Å². The van der Waals surface area contributed by atoms with E-state index in [4.69, 9.17) is 5.11 Å². The SMILES string of the molecule is Cc1ccccc1CSC(C(=O)O)C1CC1. The number of rotatable bonds is 5. The molecule has 16 heavy (non-hydrogen) atoms. The fourth-order valence-electron chi connectivity index (χ4n) is 1.76. The number of hydrogen-bond acceptors (Lipinski definition) is 2. The van der Waals surface area contributed by atoms with Crippen LogP contribution in [0.1, 0.15) is 24.0 Å². The molecule has 0 aromatic heterocycles. The lowest BCUT2D eigenvalue weighted by atomic mass is 10.1. The minimum Gasteiger partial charge on any atom is -0.480 e. The first-order valence-corrected chi connectivity index (χ1v) is 6.62. The molecule has 1 aliphatic carbocycles. The largest absolute Gasteiger partial charge is 0.480 e. The second-order valence-electron chi connectivity index (χ2n) is 4.33. The zero-order valence-electron chi connectivity index (χ0n) is 9.35. The molecule has 1 unspecified atom stereocenters. The highest BCUT2D eigenvalue weighted by Crippen LogP contribution is 2.40. The van der Waals surface area contributed by atoms with Gasteiger partial charge in [0.05, 0.1) is 0 Å². The van der Waals surface area contributed by atoms with Crippen LogP contribution in [-0.2, 0) is 10.5 Å². The molecule has 0 spiro atoms. The standard InChI is InChI=1S/C13H16O2S/c1-9-4-2-3-5-11(9)8-16-12(13(14)15)10-6-7-10/h2-5,10,12H,6-8H2,1H3,(H,14,15). The van der Waals surface area contributed by atoms with Crippen molar-refractivity contribution in [2.24, 2.45) is 5.92 Å². The second-order valence-corrected chi connectivity index (χ2v) is 5.46. The molecule has 0 saturated heterocycles. The van der Waals surface area contributed by atoms with Crippen molar-refractivity contribution in [3.8, 4) is 0 Å². The number of carbonyl (C=O) groups is 1. The second kappa shape index (κ2) is 4.91. The van der Waals surface area contributed by atoms with Crippen molar-refractivity contribution >= 4 is 17.7 Å². The fourth-order valence-corrected chi connectivity index (χ4v) is 3.13. The Bertz CT molecular complexity index is 385. The van der Waals surface area contributed by atoms with Crippen LogP contribution in [0.5, 0.6) is 0 Å². The zero-order valence-corrected chi connectivity index (χ0v) is 10.2. The average molecular weight is 236 g/mol. The number of carboxylic acids is 1. The lowest BCUT2D eigenvalue weighted by molar-refractivity contribution is -0.136. The van der Waals surface area contributed by atoms with Crippen molar-refractivity contribution in [3.63, 3.8) is 0 Å². The third-order valence-electron chi connectivity index (χ3n) is 2.97. The van der Waals surface area contributed by atoms with Crippen molar-refractivity contribution in [1.29, 1.82) is 0 Å². The van der Waals surface area contributed by atoms with E-state index in [1.165, 1.54) is 11.1 Å². The number of benzene rings is 1. The zero-order chi connectivity index (χ0) is 11.5. The van der Waals surface area contributed by atoms with Crippen molar-refractivity contribution < 1.29 is 9.90 Å². The van der Waals surface area contributed by atoms with Gasteiger partial charge in [0, 0.05) is 5.75 Å². The smallest absolute Gasteiger partial charge is 0.316 e. The van der Waals surface area contributed by atoms with E-state index in [1.54, 1.807) is 11.8 Å². The molecule has 2 rings (SSSR count). The van der Waals surface area contributed by atoms with Crippen LogP contribution in [0, 0.1) is 12.8 Å². The predicted octanol–water partition coefficient (Wildman–Crippen LogP) is 3.09. The van der Waals surface area contributed by atoms with Crippen LogP contribution in [0.15, 0.2) is 24.3 Å². The van der Waals surface area contributed by atoms with E-state index in [2.05, 4.69) is 19.1 Å². The van der Waals surface area contributed by atoms with Crippen molar-refractivity contribution in [3.05, 3.63) is 35.4 Å². The Hall–Kier alpha value is -0.960. The van der Waals surface area contributed by atoms with E-state index in [1.807, 2.05) is 12.1 Å². The van der Waals surface area contributed by atoms with Crippen molar-refractivity contribution in [2.45, 2.75) is 30.8 Å². The molecule has 1 fully saturated rings. The summed E-state index contributed by atoms with van der Waals surface area (Å²) in [5, 5.41) is 8.90. The first-order valence-electron chi connectivity index (χ1n) is 5.57. The van der Waals surface area contributed by atoms with Gasteiger partial charge in [0.1, 0.15) is 5.25 Å². The van der Waals surface area contributed by atoms with Gasteiger partial charge in [-0.25, -0.2) is 0 Å². The molecule has 1 aliphatic rings. The minimum absolute atomic E-state index is 0.209. The number of thioether (sulfide) groups is 1. The Labute approximate surface area is 100 Å². The molecule has 2 nitrogen and oxygen atoms in total. The average Bonchev–Trinajstić information content (AvgIpc) is 3.04. The monoisotopic (exact) mass is 236 g/mol. The van der Waals surface area contributed by atoms with Crippen LogP contribution in [-0.4, -0.2) is 16.3 Å². The summed E-state index contributed by atoms with van der Waals surface area (Å²) in [6, 6.07) is 8.17.